The Bertz CT molecular complexity index is 539. The van der Waals surface area contributed by atoms with E-state index in [4.69, 9.17) is 10.4 Å². The summed E-state index contributed by atoms with van der Waals surface area (Å²) in [4.78, 5) is 16.6. The lowest BCUT2D eigenvalue weighted by Crippen LogP contribution is -1.98. The maximum Gasteiger partial charge on any atom is 0.307 e. The smallest absolute Gasteiger partial charge is 0.307 e. The maximum atomic E-state index is 10.5. The van der Waals surface area contributed by atoms with E-state index in [1.54, 1.807) is 6.20 Å². The molecule has 0 aliphatic heterocycles. The van der Waals surface area contributed by atoms with E-state index >= 15 is 0 Å². The van der Waals surface area contributed by atoms with Crippen molar-refractivity contribution >= 4 is 16.9 Å². The van der Waals surface area contributed by atoms with E-state index in [2.05, 4.69) is 16.3 Å². The van der Waals surface area contributed by atoms with Crippen molar-refractivity contribution in [2.45, 2.75) is 6.42 Å². The molecule has 2 rings (SSSR count). The van der Waals surface area contributed by atoms with Crippen molar-refractivity contribution in [2.75, 3.05) is 0 Å². The van der Waals surface area contributed by atoms with E-state index in [0.29, 0.717) is 0 Å². The van der Waals surface area contributed by atoms with E-state index in [1.807, 2.05) is 24.3 Å². The first-order valence-electron chi connectivity index (χ1n) is 4.71. The molecule has 1 aromatic carbocycles. The van der Waals surface area contributed by atoms with Crippen LogP contribution in [-0.2, 0) is 16.1 Å². The Labute approximate surface area is 97.6 Å². The van der Waals surface area contributed by atoms with Crippen LogP contribution >= 0.6 is 0 Å². The number of carboxylic acid groups (broad SMARTS) is 1. The van der Waals surface area contributed by atoms with Gasteiger partial charge in [0, 0.05) is 17.1 Å². The Morgan fingerprint density at radius 1 is 1.47 bits per heavy atom. The molecule has 0 unspecified atom stereocenters. The Balaban J connectivity index is 0.000000317. The second kappa shape index (κ2) is 6.20. The summed E-state index contributed by atoms with van der Waals surface area (Å²) in [5.41, 5.74) is 1.82. The summed E-state index contributed by atoms with van der Waals surface area (Å²) in [5, 5.41) is 16.8. The molecule has 0 spiro atoms. The molecule has 0 amide bonds. The second-order valence-corrected chi connectivity index (χ2v) is 3.14. The number of rotatable bonds is 2. The minimum absolute atomic E-state index is 0.0734. The SMILES string of the molecule is C#COO.O=C(O)Cc1c[nH]c2ccccc12. The van der Waals surface area contributed by atoms with E-state index in [9.17, 15) is 4.79 Å². The fourth-order valence-corrected chi connectivity index (χ4v) is 1.44. The molecule has 0 bridgehead atoms. The highest BCUT2D eigenvalue weighted by Gasteiger charge is 2.05. The molecule has 0 atom stereocenters. The Kier molecular flexibility index (Phi) is 4.60. The van der Waals surface area contributed by atoms with Crippen molar-refractivity contribution in [3.05, 3.63) is 36.0 Å². The largest absolute Gasteiger partial charge is 0.481 e. The topological polar surface area (TPSA) is 82.6 Å². The van der Waals surface area contributed by atoms with Gasteiger partial charge in [0.15, 0.2) is 6.11 Å². The van der Waals surface area contributed by atoms with Crippen LogP contribution in [0.1, 0.15) is 5.56 Å². The molecular formula is C12H11NO4. The van der Waals surface area contributed by atoms with E-state index < -0.39 is 5.97 Å². The second-order valence-electron chi connectivity index (χ2n) is 3.14. The Morgan fingerprint density at radius 2 is 2.12 bits per heavy atom. The molecule has 3 N–H and O–H groups in total. The highest BCUT2D eigenvalue weighted by atomic mass is 17.1. The number of hydrogen-bond acceptors (Lipinski definition) is 3. The van der Waals surface area contributed by atoms with Crippen molar-refractivity contribution in [1.29, 1.82) is 0 Å². The van der Waals surface area contributed by atoms with Crippen LogP contribution in [0.3, 0.4) is 0 Å². The van der Waals surface area contributed by atoms with E-state index in [1.165, 1.54) is 6.11 Å². The fourth-order valence-electron chi connectivity index (χ4n) is 1.44. The van der Waals surface area contributed by atoms with E-state index in [-0.39, 0.29) is 6.42 Å². The summed E-state index contributed by atoms with van der Waals surface area (Å²) >= 11 is 0. The number of nitrogens with one attached hydrogen (secondary N) is 1. The molecule has 1 heterocycles. The van der Waals surface area contributed by atoms with Gasteiger partial charge >= 0.3 is 5.97 Å². The van der Waals surface area contributed by atoms with Crippen LogP contribution in [0.2, 0.25) is 0 Å². The highest BCUT2D eigenvalue weighted by Crippen LogP contribution is 2.17. The third-order valence-electron chi connectivity index (χ3n) is 2.07. The summed E-state index contributed by atoms with van der Waals surface area (Å²) in [6.07, 6.45) is 7.61. The summed E-state index contributed by atoms with van der Waals surface area (Å²) in [6, 6.07) is 7.68. The van der Waals surface area contributed by atoms with Gasteiger partial charge in [0.1, 0.15) is 0 Å². The van der Waals surface area contributed by atoms with Crippen molar-refractivity contribution in [1.82, 2.24) is 4.98 Å². The molecule has 2 aromatic rings. The number of aliphatic carboxylic acids is 1. The third-order valence-corrected chi connectivity index (χ3v) is 2.07. The minimum Gasteiger partial charge on any atom is -0.481 e. The number of H-pyrrole nitrogens is 1. The first kappa shape index (κ1) is 12.6. The van der Waals surface area contributed by atoms with Gasteiger partial charge < -0.3 is 10.1 Å². The van der Waals surface area contributed by atoms with Crippen molar-refractivity contribution in [3.8, 4) is 12.5 Å². The van der Waals surface area contributed by atoms with Gasteiger partial charge in [-0.1, -0.05) is 24.6 Å². The molecular weight excluding hydrogens is 222 g/mol. The predicted octanol–water partition coefficient (Wildman–Crippen LogP) is 1.86. The number of carboxylic acids is 1. The lowest BCUT2D eigenvalue weighted by molar-refractivity contribution is -0.171. The maximum absolute atomic E-state index is 10.5. The van der Waals surface area contributed by atoms with Crippen LogP contribution in [0.5, 0.6) is 0 Å². The van der Waals surface area contributed by atoms with Gasteiger partial charge in [-0.15, -0.1) is 0 Å². The van der Waals surface area contributed by atoms with Crippen LogP contribution in [-0.4, -0.2) is 21.3 Å². The number of benzene rings is 1. The van der Waals surface area contributed by atoms with Crippen molar-refractivity contribution in [3.63, 3.8) is 0 Å². The number of carbonyl (C=O) groups is 1. The Morgan fingerprint density at radius 3 is 2.71 bits per heavy atom. The molecule has 0 fully saturated rings. The van der Waals surface area contributed by atoms with Gasteiger partial charge in [0.2, 0.25) is 0 Å². The van der Waals surface area contributed by atoms with Crippen LogP contribution in [0.25, 0.3) is 10.9 Å². The molecule has 0 radical (unpaired) electrons. The standard InChI is InChI=1S/C10H9NO2.C2H2O2/c12-10(13)5-7-6-11-9-4-2-1-3-8(7)9;1-2-4-3/h1-4,6,11H,5H2,(H,12,13);1,3H. The molecule has 5 nitrogen and oxygen atoms in total. The lowest BCUT2D eigenvalue weighted by atomic mass is 10.1. The molecule has 88 valence electrons. The molecule has 17 heavy (non-hydrogen) atoms. The molecule has 1 aromatic heterocycles. The molecule has 0 aliphatic carbocycles. The number of hydrogen-bond donors (Lipinski definition) is 3. The summed E-state index contributed by atoms with van der Waals surface area (Å²) < 4.78 is 0. The van der Waals surface area contributed by atoms with Crippen molar-refractivity contribution < 1.29 is 20.0 Å². The zero-order valence-corrected chi connectivity index (χ0v) is 8.88. The average molecular weight is 233 g/mol. The molecule has 0 aliphatic rings. The van der Waals surface area contributed by atoms with Gasteiger partial charge in [-0.3, -0.25) is 9.68 Å². The van der Waals surface area contributed by atoms with Gasteiger partial charge in [0.25, 0.3) is 0 Å². The normalized spacial score (nSPS) is 8.94. The molecule has 0 saturated carbocycles. The summed E-state index contributed by atoms with van der Waals surface area (Å²) in [7, 11) is 0. The van der Waals surface area contributed by atoms with Gasteiger partial charge in [-0.05, 0) is 11.6 Å². The number of aromatic amines is 1. The number of terminal acetylenes is 1. The first-order valence-corrected chi connectivity index (χ1v) is 4.71. The van der Waals surface area contributed by atoms with Crippen molar-refractivity contribution in [2.24, 2.45) is 0 Å². The predicted molar refractivity (Wildman–Crippen MR) is 62.2 cm³/mol. The fraction of sp³-hybridized carbons (Fsp3) is 0.0833. The van der Waals surface area contributed by atoms with Gasteiger partial charge in [-0.25, -0.2) is 0 Å². The highest BCUT2D eigenvalue weighted by molar-refractivity contribution is 5.86. The monoisotopic (exact) mass is 233 g/mol. The molecule has 5 heteroatoms. The summed E-state index contributed by atoms with van der Waals surface area (Å²) in [5.74, 6) is -0.801. The van der Waals surface area contributed by atoms with Crippen LogP contribution in [0, 0.1) is 12.5 Å². The number of para-hydroxylation sites is 1. The molecule has 0 saturated heterocycles. The van der Waals surface area contributed by atoms with E-state index in [0.717, 1.165) is 16.5 Å². The van der Waals surface area contributed by atoms with Gasteiger partial charge in [0.05, 0.1) is 6.42 Å². The minimum atomic E-state index is -0.801. The average Bonchev–Trinajstić information content (AvgIpc) is 2.73. The third kappa shape index (κ3) is 3.55. The lowest BCUT2D eigenvalue weighted by Gasteiger charge is -1.92. The zero-order valence-electron chi connectivity index (χ0n) is 8.88. The quantitative estimate of drug-likeness (QED) is 0.420. The number of fused-ring (bicyclic) bond motifs is 1. The summed E-state index contributed by atoms with van der Waals surface area (Å²) in [6.45, 7) is 0. The van der Waals surface area contributed by atoms with Crippen LogP contribution in [0.4, 0.5) is 0 Å². The van der Waals surface area contributed by atoms with Gasteiger partial charge in [-0.2, -0.15) is 5.26 Å². The van der Waals surface area contributed by atoms with Crippen LogP contribution < -0.4 is 0 Å². The Hall–Kier alpha value is -2.45. The first-order chi connectivity index (χ1) is 8.19. The zero-order chi connectivity index (χ0) is 12.7. The number of aromatic nitrogens is 1. The van der Waals surface area contributed by atoms with Crippen LogP contribution in [0.15, 0.2) is 30.5 Å².